The van der Waals surface area contributed by atoms with Crippen molar-refractivity contribution in [2.45, 2.75) is 0 Å². The number of nitrogens with one attached hydrogen (secondary N) is 1. The molecule has 1 heterocycles. The van der Waals surface area contributed by atoms with E-state index in [9.17, 15) is 4.79 Å². The first-order valence-electron chi connectivity index (χ1n) is 3.76. The second-order valence-electron chi connectivity index (χ2n) is 2.59. The molecule has 3 nitrogen and oxygen atoms in total. The van der Waals surface area contributed by atoms with Crippen molar-refractivity contribution < 1.29 is 4.79 Å². The van der Waals surface area contributed by atoms with Crippen LogP contribution >= 0.6 is 0 Å². The van der Waals surface area contributed by atoms with Crippen molar-refractivity contribution in [3.8, 4) is 0 Å². The number of benzene rings is 1. The first kappa shape index (κ1) is 7.03. The van der Waals surface area contributed by atoms with Gasteiger partial charge >= 0.3 is 0 Å². The topological polar surface area (TPSA) is 41.5 Å². The van der Waals surface area contributed by atoms with Crippen molar-refractivity contribution in [3.63, 3.8) is 0 Å². The molecular weight excluding hydrogens is 152 g/mol. The Morgan fingerprint density at radius 3 is 3.08 bits per heavy atom. The molecule has 0 radical (unpaired) electrons. The molecule has 1 aromatic rings. The van der Waals surface area contributed by atoms with Gasteiger partial charge in [0.25, 0.3) is 0 Å². The lowest BCUT2D eigenvalue weighted by molar-refractivity contribution is -0.102. The van der Waals surface area contributed by atoms with Crippen molar-refractivity contribution >= 4 is 23.4 Å². The van der Waals surface area contributed by atoms with Gasteiger partial charge in [0, 0.05) is 0 Å². The maximum Gasteiger partial charge on any atom is 0.166 e. The van der Waals surface area contributed by atoms with Gasteiger partial charge in [-0.05, 0) is 12.1 Å². The van der Waals surface area contributed by atoms with Crippen molar-refractivity contribution in [1.82, 2.24) is 0 Å². The number of fused-ring (bicyclic) bond motifs is 1. The molecule has 3 heteroatoms. The van der Waals surface area contributed by atoms with Gasteiger partial charge in [0.05, 0.1) is 23.6 Å². The lowest BCUT2D eigenvalue weighted by atomic mass is 10.2. The average molecular weight is 160 g/mol. The highest BCUT2D eigenvalue weighted by atomic mass is 16.1. The lowest BCUT2D eigenvalue weighted by Gasteiger charge is -2.13. The molecule has 1 aliphatic heterocycles. The summed E-state index contributed by atoms with van der Waals surface area (Å²) in [6.45, 7) is 0.528. The van der Waals surface area contributed by atoms with Crippen LogP contribution in [-0.4, -0.2) is 18.5 Å². The highest BCUT2D eigenvalue weighted by Gasteiger charge is 2.08. The highest BCUT2D eigenvalue weighted by molar-refractivity contribution is 6.31. The van der Waals surface area contributed by atoms with Gasteiger partial charge in [-0.15, -0.1) is 0 Å². The van der Waals surface area contributed by atoms with E-state index in [0.29, 0.717) is 12.3 Å². The van der Waals surface area contributed by atoms with E-state index in [1.807, 2.05) is 24.3 Å². The molecule has 0 spiro atoms. The number of carbonyl (C=O) groups is 1. The Kier molecular flexibility index (Phi) is 1.63. The summed E-state index contributed by atoms with van der Waals surface area (Å²) in [4.78, 5) is 14.5. The molecule has 1 aromatic carbocycles. The third-order valence-electron chi connectivity index (χ3n) is 1.76. The Bertz CT molecular complexity index is 344. The standard InChI is InChI=1S/C9H8N2O/c12-6-7-5-10-8-3-1-2-4-9(8)11-7/h1-4,6,10H,5H2. The maximum atomic E-state index is 10.4. The third-order valence-corrected chi connectivity index (χ3v) is 1.76. The van der Waals surface area contributed by atoms with Gasteiger partial charge in [-0.1, -0.05) is 12.1 Å². The minimum atomic E-state index is 0.528. The summed E-state index contributed by atoms with van der Waals surface area (Å²) in [6, 6.07) is 7.66. The molecule has 0 aromatic heterocycles. The molecule has 0 saturated carbocycles. The smallest absolute Gasteiger partial charge is 0.166 e. The number of hydrogen-bond donors (Lipinski definition) is 1. The fourth-order valence-electron chi connectivity index (χ4n) is 1.17. The van der Waals surface area contributed by atoms with Gasteiger partial charge in [0.1, 0.15) is 0 Å². The predicted octanol–water partition coefficient (Wildman–Crippen LogP) is 1.38. The van der Waals surface area contributed by atoms with E-state index < -0.39 is 0 Å². The SMILES string of the molecule is O=CC1=Nc2ccccc2NC1. The summed E-state index contributed by atoms with van der Waals surface area (Å²) in [5.41, 5.74) is 2.38. The van der Waals surface area contributed by atoms with Crippen LogP contribution in [0.1, 0.15) is 0 Å². The van der Waals surface area contributed by atoms with Crippen molar-refractivity contribution in [3.05, 3.63) is 24.3 Å². The molecule has 0 fully saturated rings. The number of hydrogen-bond acceptors (Lipinski definition) is 3. The number of aldehydes is 1. The molecule has 0 amide bonds. The fourth-order valence-corrected chi connectivity index (χ4v) is 1.17. The lowest BCUT2D eigenvalue weighted by Crippen LogP contribution is -2.18. The fraction of sp³-hybridized carbons (Fsp3) is 0.111. The zero-order valence-electron chi connectivity index (χ0n) is 6.45. The summed E-state index contributed by atoms with van der Waals surface area (Å²) in [7, 11) is 0. The summed E-state index contributed by atoms with van der Waals surface area (Å²) >= 11 is 0. The van der Waals surface area contributed by atoms with E-state index in [4.69, 9.17) is 0 Å². The normalized spacial score (nSPS) is 14.2. The molecule has 2 rings (SSSR count). The van der Waals surface area contributed by atoms with Crippen molar-refractivity contribution in [2.24, 2.45) is 4.99 Å². The second kappa shape index (κ2) is 2.77. The van der Waals surface area contributed by atoms with Crippen LogP contribution in [0, 0.1) is 0 Å². The average Bonchev–Trinajstić information content (AvgIpc) is 2.17. The summed E-state index contributed by atoms with van der Waals surface area (Å²) in [5.74, 6) is 0. The molecule has 0 saturated heterocycles. The van der Waals surface area contributed by atoms with Crippen LogP contribution in [-0.2, 0) is 4.79 Å². The predicted molar refractivity (Wildman–Crippen MR) is 48.1 cm³/mol. The van der Waals surface area contributed by atoms with Crippen molar-refractivity contribution in [1.29, 1.82) is 0 Å². The number of para-hydroxylation sites is 2. The molecular formula is C9H8N2O. The first-order chi connectivity index (χ1) is 5.90. The molecule has 0 unspecified atom stereocenters. The first-order valence-corrected chi connectivity index (χ1v) is 3.76. The molecule has 0 atom stereocenters. The van der Waals surface area contributed by atoms with Gasteiger partial charge in [0.15, 0.2) is 6.29 Å². The number of carbonyl (C=O) groups excluding carboxylic acids is 1. The number of nitrogens with zero attached hydrogens (tertiary/aromatic N) is 1. The molecule has 12 heavy (non-hydrogen) atoms. The monoisotopic (exact) mass is 160 g/mol. The van der Waals surface area contributed by atoms with Crippen LogP contribution in [0.4, 0.5) is 11.4 Å². The van der Waals surface area contributed by atoms with E-state index >= 15 is 0 Å². The zero-order chi connectivity index (χ0) is 8.39. The minimum absolute atomic E-state index is 0.528. The number of aliphatic imine (C=N–C) groups is 1. The Hall–Kier alpha value is -1.64. The zero-order valence-corrected chi connectivity index (χ0v) is 6.45. The summed E-state index contributed by atoms with van der Waals surface area (Å²) in [6.07, 6.45) is 0.781. The Morgan fingerprint density at radius 1 is 1.42 bits per heavy atom. The van der Waals surface area contributed by atoms with Crippen LogP contribution < -0.4 is 5.32 Å². The van der Waals surface area contributed by atoms with Crippen LogP contribution in [0.5, 0.6) is 0 Å². The van der Waals surface area contributed by atoms with Gasteiger partial charge in [0.2, 0.25) is 0 Å². The van der Waals surface area contributed by atoms with Crippen LogP contribution in [0.15, 0.2) is 29.3 Å². The van der Waals surface area contributed by atoms with Crippen molar-refractivity contribution in [2.75, 3.05) is 11.9 Å². The molecule has 60 valence electrons. The number of rotatable bonds is 1. The Labute approximate surface area is 70.1 Å². The highest BCUT2D eigenvalue weighted by Crippen LogP contribution is 2.26. The Balaban J connectivity index is 2.47. The molecule has 1 N–H and O–H groups in total. The van der Waals surface area contributed by atoms with Gasteiger partial charge in [-0.25, -0.2) is 4.99 Å². The summed E-state index contributed by atoms with van der Waals surface area (Å²) in [5, 5.41) is 3.10. The van der Waals surface area contributed by atoms with E-state index in [1.165, 1.54) is 0 Å². The quantitative estimate of drug-likeness (QED) is 0.630. The largest absolute Gasteiger partial charge is 0.378 e. The van der Waals surface area contributed by atoms with Crippen LogP contribution in [0.2, 0.25) is 0 Å². The minimum Gasteiger partial charge on any atom is -0.378 e. The van der Waals surface area contributed by atoms with Crippen LogP contribution in [0.25, 0.3) is 0 Å². The van der Waals surface area contributed by atoms with Gasteiger partial charge in [-0.3, -0.25) is 4.79 Å². The Morgan fingerprint density at radius 2 is 2.25 bits per heavy atom. The van der Waals surface area contributed by atoms with E-state index in [0.717, 1.165) is 17.7 Å². The van der Waals surface area contributed by atoms with E-state index in [-0.39, 0.29) is 0 Å². The molecule has 0 aliphatic carbocycles. The maximum absolute atomic E-state index is 10.4. The summed E-state index contributed by atoms with van der Waals surface area (Å²) < 4.78 is 0. The molecule has 0 bridgehead atoms. The van der Waals surface area contributed by atoms with E-state index in [2.05, 4.69) is 10.3 Å². The number of anilines is 1. The third kappa shape index (κ3) is 1.09. The van der Waals surface area contributed by atoms with Gasteiger partial charge < -0.3 is 5.32 Å². The second-order valence-corrected chi connectivity index (χ2v) is 2.59. The molecule has 1 aliphatic rings. The van der Waals surface area contributed by atoms with Gasteiger partial charge in [-0.2, -0.15) is 0 Å². The van der Waals surface area contributed by atoms with E-state index in [1.54, 1.807) is 0 Å². The van der Waals surface area contributed by atoms with Crippen LogP contribution in [0.3, 0.4) is 0 Å².